The second-order valence-electron chi connectivity index (χ2n) is 3.74. The van der Waals surface area contributed by atoms with Crippen LogP contribution in [0.1, 0.15) is 17.6 Å². The Hall–Kier alpha value is -0.100. The van der Waals surface area contributed by atoms with Crippen LogP contribution in [0.2, 0.25) is 0 Å². The Kier molecular flexibility index (Phi) is 7.03. The summed E-state index contributed by atoms with van der Waals surface area (Å²) in [5, 5.41) is 6.66. The molecule has 0 atom stereocenters. The highest BCUT2D eigenvalue weighted by Gasteiger charge is 2.04. The van der Waals surface area contributed by atoms with Crippen molar-refractivity contribution < 1.29 is 0 Å². The van der Waals surface area contributed by atoms with Crippen LogP contribution in [0.25, 0.3) is 0 Å². The zero-order valence-corrected chi connectivity index (χ0v) is 12.0. The Morgan fingerprint density at radius 2 is 2.38 bits per heavy atom. The van der Waals surface area contributed by atoms with Gasteiger partial charge < -0.3 is 5.32 Å². The molecule has 0 amide bonds. The van der Waals surface area contributed by atoms with E-state index in [1.54, 1.807) is 11.3 Å². The van der Waals surface area contributed by atoms with Crippen molar-refractivity contribution in [3.8, 4) is 0 Å². The molecular formula is C11H21N3S2. The lowest BCUT2D eigenvalue weighted by Gasteiger charge is -2.13. The molecule has 3 nitrogen and oxygen atoms in total. The van der Waals surface area contributed by atoms with Crippen molar-refractivity contribution in [1.82, 2.24) is 15.2 Å². The first-order valence-electron chi connectivity index (χ1n) is 5.57. The fraction of sp³-hybridized carbons (Fsp3) is 0.727. The van der Waals surface area contributed by atoms with E-state index < -0.39 is 0 Å². The van der Waals surface area contributed by atoms with E-state index in [0.29, 0.717) is 0 Å². The second kappa shape index (κ2) is 8.06. The van der Waals surface area contributed by atoms with Crippen molar-refractivity contribution in [2.45, 2.75) is 20.0 Å². The highest BCUT2D eigenvalue weighted by atomic mass is 32.2. The minimum Gasteiger partial charge on any atom is -0.311 e. The number of thioether (sulfide) groups is 1. The SMILES string of the molecule is CCNCc1nc(CN(C)CCSC)cs1. The fourth-order valence-electron chi connectivity index (χ4n) is 1.34. The molecule has 0 unspecified atom stereocenters. The molecule has 0 saturated carbocycles. The molecule has 1 aromatic rings. The molecule has 0 fully saturated rings. The normalized spacial score (nSPS) is 11.2. The smallest absolute Gasteiger partial charge is 0.107 e. The number of hydrogen-bond donors (Lipinski definition) is 1. The highest BCUT2D eigenvalue weighted by molar-refractivity contribution is 7.98. The van der Waals surface area contributed by atoms with E-state index in [1.807, 2.05) is 11.8 Å². The Balaban J connectivity index is 2.33. The largest absolute Gasteiger partial charge is 0.311 e. The standard InChI is InChI=1S/C11H21N3S2/c1-4-12-7-11-13-10(9-16-11)8-14(2)5-6-15-3/h9,12H,4-8H2,1-3H3. The van der Waals surface area contributed by atoms with Gasteiger partial charge in [0.1, 0.15) is 5.01 Å². The summed E-state index contributed by atoms with van der Waals surface area (Å²) < 4.78 is 0. The maximum atomic E-state index is 4.60. The van der Waals surface area contributed by atoms with Crippen LogP contribution in [-0.2, 0) is 13.1 Å². The summed E-state index contributed by atoms with van der Waals surface area (Å²) in [7, 11) is 2.15. The van der Waals surface area contributed by atoms with E-state index in [9.17, 15) is 0 Å². The molecule has 0 aliphatic rings. The molecule has 16 heavy (non-hydrogen) atoms. The maximum Gasteiger partial charge on any atom is 0.107 e. The summed E-state index contributed by atoms with van der Waals surface area (Å²) in [5.74, 6) is 1.19. The summed E-state index contributed by atoms with van der Waals surface area (Å²) in [4.78, 5) is 6.93. The molecule has 1 heterocycles. The monoisotopic (exact) mass is 259 g/mol. The first kappa shape index (κ1) is 14.0. The molecule has 0 aliphatic heterocycles. The van der Waals surface area contributed by atoms with Gasteiger partial charge >= 0.3 is 0 Å². The number of nitrogens with one attached hydrogen (secondary N) is 1. The molecule has 0 aliphatic carbocycles. The van der Waals surface area contributed by atoms with Gasteiger partial charge in [0, 0.05) is 30.8 Å². The molecule has 92 valence electrons. The Labute approximate surface area is 107 Å². The van der Waals surface area contributed by atoms with Gasteiger partial charge in [0.25, 0.3) is 0 Å². The van der Waals surface area contributed by atoms with Crippen LogP contribution in [0, 0.1) is 0 Å². The average Bonchev–Trinajstić information content (AvgIpc) is 2.71. The van der Waals surface area contributed by atoms with Gasteiger partial charge in [-0.2, -0.15) is 11.8 Å². The van der Waals surface area contributed by atoms with Crippen LogP contribution in [0.5, 0.6) is 0 Å². The van der Waals surface area contributed by atoms with E-state index in [1.165, 1.54) is 16.5 Å². The van der Waals surface area contributed by atoms with Crippen molar-refractivity contribution in [2.75, 3.05) is 32.1 Å². The van der Waals surface area contributed by atoms with E-state index in [0.717, 1.165) is 26.2 Å². The third-order valence-electron chi connectivity index (χ3n) is 2.23. The molecule has 1 rings (SSSR count). The first-order chi connectivity index (χ1) is 7.76. The zero-order chi connectivity index (χ0) is 11.8. The Bertz CT molecular complexity index is 289. The fourth-order valence-corrected chi connectivity index (χ4v) is 2.59. The topological polar surface area (TPSA) is 28.2 Å². The van der Waals surface area contributed by atoms with Crippen LogP contribution < -0.4 is 5.32 Å². The van der Waals surface area contributed by atoms with E-state index in [2.05, 4.69) is 40.8 Å². The summed E-state index contributed by atoms with van der Waals surface area (Å²) >= 11 is 3.64. The molecule has 0 aromatic carbocycles. The third-order valence-corrected chi connectivity index (χ3v) is 3.72. The van der Waals surface area contributed by atoms with Gasteiger partial charge in [-0.25, -0.2) is 4.98 Å². The van der Waals surface area contributed by atoms with Gasteiger partial charge in [-0.3, -0.25) is 4.90 Å². The number of rotatable bonds is 8. The predicted octanol–water partition coefficient (Wildman–Crippen LogP) is 2.05. The lowest BCUT2D eigenvalue weighted by Crippen LogP contribution is -2.21. The van der Waals surface area contributed by atoms with Gasteiger partial charge in [0.2, 0.25) is 0 Å². The van der Waals surface area contributed by atoms with Gasteiger partial charge in [0.15, 0.2) is 0 Å². The lowest BCUT2D eigenvalue weighted by molar-refractivity contribution is 0.345. The number of nitrogens with zero attached hydrogens (tertiary/aromatic N) is 2. The molecule has 1 aromatic heterocycles. The molecule has 5 heteroatoms. The lowest BCUT2D eigenvalue weighted by atomic mass is 10.4. The van der Waals surface area contributed by atoms with Crippen molar-refractivity contribution in [3.05, 3.63) is 16.1 Å². The van der Waals surface area contributed by atoms with Crippen molar-refractivity contribution in [1.29, 1.82) is 0 Å². The van der Waals surface area contributed by atoms with E-state index in [4.69, 9.17) is 0 Å². The van der Waals surface area contributed by atoms with Crippen LogP contribution in [-0.4, -0.2) is 42.0 Å². The van der Waals surface area contributed by atoms with Crippen LogP contribution in [0.3, 0.4) is 0 Å². The zero-order valence-electron chi connectivity index (χ0n) is 10.3. The van der Waals surface area contributed by atoms with Gasteiger partial charge in [-0.15, -0.1) is 11.3 Å². The van der Waals surface area contributed by atoms with E-state index >= 15 is 0 Å². The highest BCUT2D eigenvalue weighted by Crippen LogP contribution is 2.11. The minimum atomic E-state index is 0.899. The molecule has 0 spiro atoms. The van der Waals surface area contributed by atoms with Crippen molar-refractivity contribution in [3.63, 3.8) is 0 Å². The van der Waals surface area contributed by atoms with Gasteiger partial charge in [-0.05, 0) is 19.8 Å². The van der Waals surface area contributed by atoms with Crippen LogP contribution in [0.15, 0.2) is 5.38 Å². The van der Waals surface area contributed by atoms with Gasteiger partial charge in [0.05, 0.1) is 5.69 Å². The van der Waals surface area contributed by atoms with Crippen molar-refractivity contribution >= 4 is 23.1 Å². The Morgan fingerprint density at radius 1 is 1.56 bits per heavy atom. The molecule has 0 bridgehead atoms. The van der Waals surface area contributed by atoms with Crippen molar-refractivity contribution in [2.24, 2.45) is 0 Å². The molecule has 0 saturated heterocycles. The van der Waals surface area contributed by atoms with Gasteiger partial charge in [-0.1, -0.05) is 6.92 Å². The number of hydrogen-bond acceptors (Lipinski definition) is 5. The summed E-state index contributed by atoms with van der Waals surface area (Å²) in [6, 6.07) is 0. The third kappa shape index (κ3) is 5.30. The van der Waals surface area contributed by atoms with E-state index in [-0.39, 0.29) is 0 Å². The summed E-state index contributed by atoms with van der Waals surface area (Å²) in [5.41, 5.74) is 1.20. The maximum absolute atomic E-state index is 4.60. The van der Waals surface area contributed by atoms with Crippen LogP contribution in [0.4, 0.5) is 0 Å². The summed E-state index contributed by atoms with van der Waals surface area (Å²) in [6.07, 6.45) is 2.14. The minimum absolute atomic E-state index is 0.899. The molecule has 0 radical (unpaired) electrons. The second-order valence-corrected chi connectivity index (χ2v) is 5.67. The molecular weight excluding hydrogens is 238 g/mol. The number of thiazole rings is 1. The predicted molar refractivity (Wildman–Crippen MR) is 74.2 cm³/mol. The average molecular weight is 259 g/mol. The first-order valence-corrected chi connectivity index (χ1v) is 7.85. The molecule has 1 N–H and O–H groups in total. The number of aromatic nitrogens is 1. The quantitative estimate of drug-likeness (QED) is 0.773. The summed E-state index contributed by atoms with van der Waals surface area (Å²) in [6.45, 7) is 6.10. The Morgan fingerprint density at radius 3 is 3.06 bits per heavy atom. The van der Waals surface area contributed by atoms with Crippen LogP contribution >= 0.6 is 23.1 Å².